The highest BCUT2D eigenvalue weighted by Gasteiger charge is 2.18. The second-order valence-corrected chi connectivity index (χ2v) is 5.03. The van der Waals surface area contributed by atoms with E-state index in [1.807, 2.05) is 0 Å². The van der Waals surface area contributed by atoms with Gasteiger partial charge in [0.25, 0.3) is 5.91 Å². The van der Waals surface area contributed by atoms with Crippen molar-refractivity contribution in [3.05, 3.63) is 38.5 Å². The molecule has 2 rings (SSSR count). The number of carbonyl (C=O) groups is 1. The third kappa shape index (κ3) is 2.69. The Morgan fingerprint density at radius 2 is 2.12 bits per heavy atom. The number of halogens is 3. The minimum absolute atomic E-state index is 0.0709. The van der Waals surface area contributed by atoms with Gasteiger partial charge >= 0.3 is 0 Å². The Morgan fingerprint density at radius 3 is 2.71 bits per heavy atom. The summed E-state index contributed by atoms with van der Waals surface area (Å²) in [6, 6.07) is 3.27. The van der Waals surface area contributed by atoms with E-state index in [0.717, 1.165) is 11.5 Å². The van der Waals surface area contributed by atoms with Crippen LogP contribution in [0.1, 0.15) is 10.5 Å². The summed E-state index contributed by atoms with van der Waals surface area (Å²) in [5.74, 6) is -0.479. The number of amides is 1. The van der Waals surface area contributed by atoms with Crippen LogP contribution < -0.4 is 5.32 Å². The zero-order chi connectivity index (χ0) is 12.4. The molecule has 0 unspecified atom stereocenters. The molecule has 2 aromatic rings. The Labute approximate surface area is 116 Å². The van der Waals surface area contributed by atoms with Crippen molar-refractivity contribution >= 4 is 57.9 Å². The molecule has 2 heterocycles. The summed E-state index contributed by atoms with van der Waals surface area (Å²) in [4.78, 5) is 15.6. The standard InChI is InChI=1S/C9H4Cl3N3OS/c10-5-6(15-17-8(5)12)9(16)14-4-2-1-3-13-7(4)11/h1-3H,(H,14,16). The van der Waals surface area contributed by atoms with Gasteiger partial charge < -0.3 is 5.32 Å². The summed E-state index contributed by atoms with van der Waals surface area (Å²) in [5, 5.41) is 2.87. The SMILES string of the molecule is O=C(Nc1cccnc1Cl)c1nsc(Cl)c1Cl. The molecule has 0 saturated heterocycles. The first-order chi connectivity index (χ1) is 8.09. The molecule has 8 heteroatoms. The van der Waals surface area contributed by atoms with Gasteiger partial charge in [-0.25, -0.2) is 4.98 Å². The normalized spacial score (nSPS) is 10.3. The number of nitrogens with one attached hydrogen (secondary N) is 1. The smallest absolute Gasteiger partial charge is 0.277 e. The van der Waals surface area contributed by atoms with E-state index in [1.165, 1.54) is 6.20 Å². The van der Waals surface area contributed by atoms with Crippen LogP contribution in [0.2, 0.25) is 14.5 Å². The average molecular weight is 309 g/mol. The van der Waals surface area contributed by atoms with Crippen LogP contribution in [-0.4, -0.2) is 15.3 Å². The van der Waals surface area contributed by atoms with E-state index in [0.29, 0.717) is 5.69 Å². The Balaban J connectivity index is 2.23. The van der Waals surface area contributed by atoms with Crippen molar-refractivity contribution in [2.45, 2.75) is 0 Å². The summed E-state index contributed by atoms with van der Waals surface area (Å²) in [7, 11) is 0. The number of carbonyl (C=O) groups excluding carboxylic acids is 1. The molecule has 0 fully saturated rings. The van der Waals surface area contributed by atoms with Crippen LogP contribution >= 0.6 is 46.3 Å². The van der Waals surface area contributed by atoms with Crippen LogP contribution in [0.5, 0.6) is 0 Å². The number of hydrogen-bond donors (Lipinski definition) is 1. The molecule has 17 heavy (non-hydrogen) atoms. The van der Waals surface area contributed by atoms with E-state index in [-0.39, 0.29) is 20.2 Å². The Morgan fingerprint density at radius 1 is 1.35 bits per heavy atom. The van der Waals surface area contributed by atoms with E-state index in [9.17, 15) is 4.79 Å². The molecule has 1 amide bonds. The van der Waals surface area contributed by atoms with Crippen molar-refractivity contribution in [3.8, 4) is 0 Å². The summed E-state index contributed by atoms with van der Waals surface area (Å²) >= 11 is 18.3. The molecule has 4 nitrogen and oxygen atoms in total. The van der Waals surface area contributed by atoms with Crippen LogP contribution in [0.25, 0.3) is 0 Å². The lowest BCUT2D eigenvalue weighted by molar-refractivity contribution is 0.102. The maximum absolute atomic E-state index is 11.8. The van der Waals surface area contributed by atoms with Crippen LogP contribution in [0, 0.1) is 0 Å². The molecule has 0 spiro atoms. The van der Waals surface area contributed by atoms with Crippen LogP contribution in [-0.2, 0) is 0 Å². The average Bonchev–Trinajstić information content (AvgIpc) is 2.63. The zero-order valence-corrected chi connectivity index (χ0v) is 11.2. The predicted octanol–water partition coefficient (Wildman–Crippen LogP) is 3.75. The Hall–Kier alpha value is -0.880. The molecule has 0 radical (unpaired) electrons. The highest BCUT2D eigenvalue weighted by atomic mass is 35.5. The summed E-state index contributed by atoms with van der Waals surface area (Å²) in [6.07, 6.45) is 1.52. The lowest BCUT2D eigenvalue weighted by atomic mass is 10.3. The lowest BCUT2D eigenvalue weighted by Gasteiger charge is -2.04. The topological polar surface area (TPSA) is 54.9 Å². The van der Waals surface area contributed by atoms with Crippen molar-refractivity contribution in [2.24, 2.45) is 0 Å². The summed E-state index contributed by atoms with van der Waals surface area (Å²) < 4.78 is 4.12. The van der Waals surface area contributed by atoms with E-state index in [1.54, 1.807) is 12.1 Å². The third-order valence-corrected chi connectivity index (χ3v) is 3.73. The van der Waals surface area contributed by atoms with Gasteiger partial charge in [-0.1, -0.05) is 34.8 Å². The van der Waals surface area contributed by atoms with E-state index in [4.69, 9.17) is 34.8 Å². The van der Waals surface area contributed by atoms with Crippen LogP contribution in [0.15, 0.2) is 18.3 Å². The largest absolute Gasteiger partial charge is 0.318 e. The quantitative estimate of drug-likeness (QED) is 0.860. The van der Waals surface area contributed by atoms with E-state index >= 15 is 0 Å². The van der Waals surface area contributed by atoms with Crippen molar-refractivity contribution in [1.29, 1.82) is 0 Å². The molecule has 0 aromatic carbocycles. The number of aromatic nitrogens is 2. The van der Waals surface area contributed by atoms with Crippen LogP contribution in [0.4, 0.5) is 5.69 Å². The fourth-order valence-electron chi connectivity index (χ4n) is 1.06. The monoisotopic (exact) mass is 307 g/mol. The van der Waals surface area contributed by atoms with Gasteiger partial charge in [0.15, 0.2) is 10.8 Å². The van der Waals surface area contributed by atoms with Gasteiger partial charge in [-0.2, -0.15) is 4.37 Å². The number of rotatable bonds is 2. The van der Waals surface area contributed by atoms with E-state index in [2.05, 4.69) is 14.7 Å². The molecule has 0 aliphatic carbocycles. The number of nitrogens with zero attached hydrogens (tertiary/aromatic N) is 2. The number of anilines is 1. The lowest BCUT2D eigenvalue weighted by Crippen LogP contribution is -2.13. The summed E-state index contributed by atoms with van der Waals surface area (Å²) in [6.45, 7) is 0. The maximum atomic E-state index is 11.8. The van der Waals surface area contributed by atoms with Crippen molar-refractivity contribution in [2.75, 3.05) is 5.32 Å². The van der Waals surface area contributed by atoms with Crippen molar-refractivity contribution in [1.82, 2.24) is 9.36 Å². The van der Waals surface area contributed by atoms with E-state index < -0.39 is 5.91 Å². The minimum atomic E-state index is -0.479. The number of hydrogen-bond acceptors (Lipinski definition) is 4. The van der Waals surface area contributed by atoms with Gasteiger partial charge in [-0.3, -0.25) is 4.79 Å². The van der Waals surface area contributed by atoms with Gasteiger partial charge in [0.05, 0.1) is 5.69 Å². The molecule has 0 bridgehead atoms. The fraction of sp³-hybridized carbons (Fsp3) is 0. The first kappa shape index (κ1) is 12.6. The molecule has 88 valence electrons. The number of pyridine rings is 1. The third-order valence-electron chi connectivity index (χ3n) is 1.82. The zero-order valence-electron chi connectivity index (χ0n) is 8.08. The molecule has 0 atom stereocenters. The molecular weight excluding hydrogens is 305 g/mol. The predicted molar refractivity (Wildman–Crippen MR) is 69.3 cm³/mol. The molecule has 2 aromatic heterocycles. The second-order valence-electron chi connectivity index (χ2n) is 2.91. The highest BCUT2D eigenvalue weighted by Crippen LogP contribution is 2.30. The fourth-order valence-corrected chi connectivity index (χ4v) is 2.22. The highest BCUT2D eigenvalue weighted by molar-refractivity contribution is 7.11. The van der Waals surface area contributed by atoms with Crippen molar-refractivity contribution in [3.63, 3.8) is 0 Å². The molecule has 0 saturated carbocycles. The Bertz CT molecular complexity index is 572. The van der Waals surface area contributed by atoms with Gasteiger partial charge in [0, 0.05) is 6.20 Å². The first-order valence-corrected chi connectivity index (χ1v) is 6.23. The molecular formula is C9H4Cl3N3OS. The van der Waals surface area contributed by atoms with Crippen molar-refractivity contribution < 1.29 is 4.79 Å². The van der Waals surface area contributed by atoms with Gasteiger partial charge in [0.2, 0.25) is 0 Å². The second kappa shape index (κ2) is 5.18. The minimum Gasteiger partial charge on any atom is -0.318 e. The van der Waals surface area contributed by atoms with Gasteiger partial charge in [0.1, 0.15) is 9.36 Å². The van der Waals surface area contributed by atoms with Crippen LogP contribution in [0.3, 0.4) is 0 Å². The first-order valence-electron chi connectivity index (χ1n) is 4.32. The molecule has 1 N–H and O–H groups in total. The maximum Gasteiger partial charge on any atom is 0.277 e. The molecule has 0 aliphatic rings. The van der Waals surface area contributed by atoms with Gasteiger partial charge in [-0.15, -0.1) is 0 Å². The summed E-state index contributed by atoms with van der Waals surface area (Å²) in [5.41, 5.74) is 0.459. The van der Waals surface area contributed by atoms with Gasteiger partial charge in [-0.05, 0) is 23.7 Å². The molecule has 0 aliphatic heterocycles. The Kier molecular flexibility index (Phi) is 3.83.